The van der Waals surface area contributed by atoms with Gasteiger partial charge in [-0.05, 0) is 47.5 Å². The lowest BCUT2D eigenvalue weighted by Crippen LogP contribution is -2.36. The molecule has 0 saturated carbocycles. The number of anilines is 2. The molecule has 5 aromatic rings. The highest BCUT2D eigenvalue weighted by Crippen LogP contribution is 2.34. The molecule has 1 aromatic carbocycles. The van der Waals surface area contributed by atoms with Crippen LogP contribution in [0.1, 0.15) is 0 Å². The average Bonchev–Trinajstić information content (AvgIpc) is 3.43. The number of aromatic nitrogens is 5. The van der Waals surface area contributed by atoms with Gasteiger partial charge in [0.25, 0.3) is 0 Å². The van der Waals surface area contributed by atoms with E-state index in [9.17, 15) is 0 Å². The summed E-state index contributed by atoms with van der Waals surface area (Å²) in [5, 5.41) is 9.03. The van der Waals surface area contributed by atoms with Crippen molar-refractivity contribution in [3.05, 3.63) is 54.9 Å². The molecule has 0 radical (unpaired) electrons. The number of benzene rings is 1. The smallest absolute Gasteiger partial charge is 0.153 e. The van der Waals surface area contributed by atoms with Crippen molar-refractivity contribution in [1.29, 1.82) is 0 Å². The molecule has 154 valence electrons. The van der Waals surface area contributed by atoms with Crippen molar-refractivity contribution in [2.24, 2.45) is 0 Å². The summed E-state index contributed by atoms with van der Waals surface area (Å²) in [4.78, 5) is 14.8. The highest BCUT2D eigenvalue weighted by Gasteiger charge is 2.15. The molecule has 8 nitrogen and oxygen atoms in total. The Balaban J connectivity index is 1.43. The number of nitrogens with two attached hydrogens (primary N) is 1. The van der Waals surface area contributed by atoms with E-state index >= 15 is 0 Å². The van der Waals surface area contributed by atoms with Crippen LogP contribution in [0.4, 0.5) is 11.6 Å². The lowest BCUT2D eigenvalue weighted by atomic mass is 10.0. The van der Waals surface area contributed by atoms with E-state index in [0.29, 0.717) is 5.82 Å². The second-order valence-corrected chi connectivity index (χ2v) is 7.68. The van der Waals surface area contributed by atoms with Gasteiger partial charge in [-0.15, -0.1) is 0 Å². The van der Waals surface area contributed by atoms with Crippen LogP contribution >= 0.6 is 0 Å². The van der Waals surface area contributed by atoms with E-state index in [1.807, 2.05) is 30.6 Å². The number of ether oxygens (including phenoxy) is 1. The van der Waals surface area contributed by atoms with E-state index in [2.05, 4.69) is 54.3 Å². The molecule has 4 N–H and O–H groups in total. The van der Waals surface area contributed by atoms with Crippen molar-refractivity contribution in [3.8, 4) is 22.4 Å². The monoisotopic (exact) mass is 411 g/mol. The number of nitrogens with zero attached hydrogens (tertiary/aromatic N) is 4. The minimum absolute atomic E-state index is 0.504. The topological polar surface area (TPSA) is 109 Å². The summed E-state index contributed by atoms with van der Waals surface area (Å²) < 4.78 is 5.46. The predicted molar refractivity (Wildman–Crippen MR) is 122 cm³/mol. The number of hydrogen-bond donors (Lipinski definition) is 3. The third-order valence-electron chi connectivity index (χ3n) is 5.83. The maximum absolute atomic E-state index is 6.01. The Morgan fingerprint density at radius 3 is 2.68 bits per heavy atom. The van der Waals surface area contributed by atoms with E-state index in [0.717, 1.165) is 76.4 Å². The molecule has 1 saturated heterocycles. The molecule has 8 heteroatoms. The number of aromatic amines is 2. The Morgan fingerprint density at radius 2 is 1.77 bits per heavy atom. The summed E-state index contributed by atoms with van der Waals surface area (Å²) in [5.41, 5.74) is 12.0. The van der Waals surface area contributed by atoms with Crippen LogP contribution in [0.3, 0.4) is 0 Å². The molecule has 0 unspecified atom stereocenters. The van der Waals surface area contributed by atoms with Crippen molar-refractivity contribution in [2.75, 3.05) is 36.9 Å². The molecule has 0 bridgehead atoms. The predicted octanol–water partition coefficient (Wildman–Crippen LogP) is 3.59. The van der Waals surface area contributed by atoms with Gasteiger partial charge in [0.1, 0.15) is 11.5 Å². The molecular weight excluding hydrogens is 390 g/mol. The SMILES string of the molecule is Nc1n[nH]c2ccc(-c3ccnc4[nH]c(-c5ccnc(N6CCOCC6)c5)cc34)cc12. The molecule has 0 atom stereocenters. The lowest BCUT2D eigenvalue weighted by Gasteiger charge is -2.27. The summed E-state index contributed by atoms with van der Waals surface area (Å²) in [6.07, 6.45) is 3.68. The van der Waals surface area contributed by atoms with Crippen LogP contribution in [0.5, 0.6) is 0 Å². The highest BCUT2D eigenvalue weighted by molar-refractivity contribution is 5.99. The minimum atomic E-state index is 0.504. The number of morpholine rings is 1. The first-order valence-corrected chi connectivity index (χ1v) is 10.3. The maximum atomic E-state index is 6.01. The molecule has 31 heavy (non-hydrogen) atoms. The Hall–Kier alpha value is -3.91. The van der Waals surface area contributed by atoms with E-state index in [4.69, 9.17) is 10.5 Å². The van der Waals surface area contributed by atoms with E-state index in [1.54, 1.807) is 0 Å². The molecule has 4 aromatic heterocycles. The quantitative estimate of drug-likeness (QED) is 0.419. The van der Waals surface area contributed by atoms with Gasteiger partial charge in [-0.2, -0.15) is 5.10 Å². The van der Waals surface area contributed by atoms with Crippen LogP contribution < -0.4 is 10.6 Å². The highest BCUT2D eigenvalue weighted by atomic mass is 16.5. The first-order chi connectivity index (χ1) is 15.3. The van der Waals surface area contributed by atoms with E-state index in [1.165, 1.54) is 0 Å². The average molecular weight is 411 g/mol. The largest absolute Gasteiger partial charge is 0.382 e. The fourth-order valence-electron chi connectivity index (χ4n) is 4.19. The molecule has 1 fully saturated rings. The number of nitrogen functional groups attached to an aromatic ring is 1. The molecule has 0 spiro atoms. The van der Waals surface area contributed by atoms with Crippen LogP contribution in [0, 0.1) is 0 Å². The van der Waals surface area contributed by atoms with Gasteiger partial charge >= 0.3 is 0 Å². The van der Waals surface area contributed by atoms with Gasteiger partial charge in [0.15, 0.2) is 5.82 Å². The van der Waals surface area contributed by atoms with Gasteiger partial charge in [0.05, 0.1) is 18.7 Å². The number of nitrogens with one attached hydrogen (secondary N) is 2. The van der Waals surface area contributed by atoms with Crippen molar-refractivity contribution in [3.63, 3.8) is 0 Å². The zero-order valence-corrected chi connectivity index (χ0v) is 16.8. The molecule has 5 heterocycles. The van der Waals surface area contributed by atoms with Crippen molar-refractivity contribution in [1.82, 2.24) is 25.1 Å². The Labute approximate surface area is 178 Å². The summed E-state index contributed by atoms with van der Waals surface area (Å²) in [5.74, 6) is 1.47. The van der Waals surface area contributed by atoms with Crippen molar-refractivity contribution < 1.29 is 4.74 Å². The van der Waals surface area contributed by atoms with Gasteiger partial charge in [-0.25, -0.2) is 9.97 Å². The van der Waals surface area contributed by atoms with Crippen LogP contribution in [-0.2, 0) is 4.74 Å². The molecule has 6 rings (SSSR count). The van der Waals surface area contributed by atoms with Gasteiger partial charge in [-0.3, -0.25) is 5.10 Å². The maximum Gasteiger partial charge on any atom is 0.153 e. The lowest BCUT2D eigenvalue weighted by molar-refractivity contribution is 0.122. The zero-order chi connectivity index (χ0) is 20.8. The fourth-order valence-corrected chi connectivity index (χ4v) is 4.19. The first-order valence-electron chi connectivity index (χ1n) is 10.3. The van der Waals surface area contributed by atoms with Crippen molar-refractivity contribution in [2.45, 2.75) is 0 Å². The fraction of sp³-hybridized carbons (Fsp3) is 0.174. The van der Waals surface area contributed by atoms with Gasteiger partial charge in [-0.1, -0.05) is 6.07 Å². The minimum Gasteiger partial charge on any atom is -0.382 e. The number of H-pyrrole nitrogens is 2. The standard InChI is InChI=1S/C23H21N7O/c24-22-18-11-14(1-2-19(18)28-29-22)16-4-6-26-23-17(16)13-20(27-23)15-3-5-25-21(12-15)30-7-9-31-10-8-30/h1-6,11-13H,7-10H2,(H,26,27)(H3,24,28,29). The third kappa shape index (κ3) is 3.08. The van der Waals surface area contributed by atoms with Crippen molar-refractivity contribution >= 4 is 33.6 Å². The molecule has 1 aliphatic heterocycles. The molecule has 0 aliphatic carbocycles. The first kappa shape index (κ1) is 17.9. The molecule has 0 amide bonds. The second kappa shape index (κ2) is 7.10. The third-order valence-corrected chi connectivity index (χ3v) is 5.83. The summed E-state index contributed by atoms with van der Waals surface area (Å²) in [6.45, 7) is 3.18. The Morgan fingerprint density at radius 1 is 0.903 bits per heavy atom. The van der Waals surface area contributed by atoms with Crippen LogP contribution in [-0.4, -0.2) is 51.5 Å². The summed E-state index contributed by atoms with van der Waals surface area (Å²) in [7, 11) is 0. The van der Waals surface area contributed by atoms with Crippen LogP contribution in [0.15, 0.2) is 54.9 Å². The summed E-state index contributed by atoms with van der Waals surface area (Å²) >= 11 is 0. The number of fused-ring (bicyclic) bond motifs is 2. The van der Waals surface area contributed by atoms with E-state index < -0.39 is 0 Å². The molecular formula is C23H21N7O. The van der Waals surface area contributed by atoms with Crippen LogP contribution in [0.25, 0.3) is 44.3 Å². The van der Waals surface area contributed by atoms with Crippen LogP contribution in [0.2, 0.25) is 0 Å². The molecule has 1 aliphatic rings. The second-order valence-electron chi connectivity index (χ2n) is 7.68. The van der Waals surface area contributed by atoms with Gasteiger partial charge < -0.3 is 20.4 Å². The number of pyridine rings is 2. The Kier molecular flexibility index (Phi) is 4.10. The number of hydrogen-bond acceptors (Lipinski definition) is 6. The number of rotatable bonds is 3. The zero-order valence-electron chi connectivity index (χ0n) is 16.8. The van der Waals surface area contributed by atoms with Gasteiger partial charge in [0, 0.05) is 47.5 Å². The normalized spacial score (nSPS) is 14.5. The van der Waals surface area contributed by atoms with E-state index in [-0.39, 0.29) is 0 Å². The van der Waals surface area contributed by atoms with Gasteiger partial charge in [0.2, 0.25) is 0 Å². The summed E-state index contributed by atoms with van der Waals surface area (Å²) in [6, 6.07) is 14.5. The Bertz CT molecular complexity index is 1400.